The summed E-state index contributed by atoms with van der Waals surface area (Å²) in [5.74, 6) is 0.609. The maximum atomic E-state index is 12.6. The van der Waals surface area contributed by atoms with Crippen LogP contribution in [0.1, 0.15) is 74.1 Å². The molecule has 3 nitrogen and oxygen atoms in total. The van der Waals surface area contributed by atoms with Crippen molar-refractivity contribution < 1.29 is 14.3 Å². The lowest BCUT2D eigenvalue weighted by molar-refractivity contribution is -0.194. The molecule has 0 aromatic rings. The van der Waals surface area contributed by atoms with Crippen molar-refractivity contribution in [3.8, 4) is 0 Å². The second-order valence-corrected chi connectivity index (χ2v) is 6.66. The van der Waals surface area contributed by atoms with Gasteiger partial charge in [0.15, 0.2) is 0 Å². The number of carbonyl (C=O) groups is 1. The Labute approximate surface area is 125 Å². The van der Waals surface area contributed by atoms with Crippen molar-refractivity contribution in [2.45, 2.75) is 80.4 Å². The molecular weight excluding hydrogens is 252 g/mol. The van der Waals surface area contributed by atoms with E-state index < -0.39 is 11.7 Å². The van der Waals surface area contributed by atoms with Crippen LogP contribution in [0.3, 0.4) is 0 Å². The normalized spacial score (nSPS) is 16.2. The van der Waals surface area contributed by atoms with E-state index in [9.17, 15) is 4.79 Å². The lowest BCUT2D eigenvalue weighted by Crippen LogP contribution is -2.39. The van der Waals surface area contributed by atoms with E-state index >= 15 is 0 Å². The lowest BCUT2D eigenvalue weighted by Gasteiger charge is -2.34. The van der Waals surface area contributed by atoms with E-state index in [1.165, 1.54) is 0 Å². The molecule has 20 heavy (non-hydrogen) atoms. The van der Waals surface area contributed by atoms with Crippen LogP contribution < -0.4 is 0 Å². The van der Waals surface area contributed by atoms with Gasteiger partial charge in [-0.1, -0.05) is 48.0 Å². The SMILES string of the molecule is CCCOC(CCC)OC(=O)C(C)(CC(C)C)C(C)C. The number of rotatable bonds is 10. The molecule has 0 aromatic heterocycles. The molecule has 0 heterocycles. The average molecular weight is 286 g/mol. The first kappa shape index (κ1) is 19.4. The Kier molecular flexibility index (Phi) is 9.11. The van der Waals surface area contributed by atoms with E-state index in [1.54, 1.807) is 0 Å². The molecule has 0 spiro atoms. The first-order valence-electron chi connectivity index (χ1n) is 8.10. The van der Waals surface area contributed by atoms with Crippen molar-refractivity contribution in [1.29, 1.82) is 0 Å². The van der Waals surface area contributed by atoms with Crippen molar-refractivity contribution in [2.24, 2.45) is 17.3 Å². The van der Waals surface area contributed by atoms with Crippen LogP contribution in [0.4, 0.5) is 0 Å². The molecule has 0 amide bonds. The first-order chi connectivity index (χ1) is 9.27. The summed E-state index contributed by atoms with van der Waals surface area (Å²) in [6, 6.07) is 0. The predicted octanol–water partition coefficient (Wildman–Crippen LogP) is 4.79. The smallest absolute Gasteiger partial charge is 0.314 e. The van der Waals surface area contributed by atoms with E-state index in [4.69, 9.17) is 9.47 Å². The molecule has 0 fully saturated rings. The Balaban J connectivity index is 4.78. The highest BCUT2D eigenvalue weighted by Gasteiger charge is 2.39. The van der Waals surface area contributed by atoms with E-state index in [2.05, 4.69) is 41.5 Å². The maximum Gasteiger partial charge on any atom is 0.314 e. The summed E-state index contributed by atoms with van der Waals surface area (Å²) in [6.45, 7) is 15.3. The molecule has 0 rings (SSSR count). The topological polar surface area (TPSA) is 35.5 Å². The molecule has 120 valence electrons. The molecule has 2 atom stereocenters. The van der Waals surface area contributed by atoms with E-state index in [-0.39, 0.29) is 11.9 Å². The second-order valence-electron chi connectivity index (χ2n) is 6.66. The zero-order chi connectivity index (χ0) is 15.8. The number of carbonyl (C=O) groups excluding carboxylic acids is 1. The van der Waals surface area contributed by atoms with Gasteiger partial charge in [0.2, 0.25) is 6.29 Å². The monoisotopic (exact) mass is 286 g/mol. The predicted molar refractivity (Wildman–Crippen MR) is 83.4 cm³/mol. The standard InChI is InChI=1S/C17H34O3/c1-8-10-15(19-11-9-2)20-16(18)17(7,14(5)6)12-13(3)4/h13-15H,8-12H2,1-7H3. The largest absolute Gasteiger partial charge is 0.435 e. The highest BCUT2D eigenvalue weighted by Crippen LogP contribution is 2.36. The number of hydrogen-bond acceptors (Lipinski definition) is 3. The van der Waals surface area contributed by atoms with Crippen LogP contribution in [0.25, 0.3) is 0 Å². The molecule has 0 aromatic carbocycles. The zero-order valence-electron chi connectivity index (χ0n) is 14.5. The van der Waals surface area contributed by atoms with Gasteiger partial charge in [-0.15, -0.1) is 0 Å². The third-order valence-electron chi connectivity index (χ3n) is 3.84. The van der Waals surface area contributed by atoms with Crippen LogP contribution in [0.5, 0.6) is 0 Å². The third-order valence-corrected chi connectivity index (χ3v) is 3.84. The Bertz CT molecular complexity index is 273. The third kappa shape index (κ3) is 6.25. The summed E-state index contributed by atoms with van der Waals surface area (Å²) in [6.07, 6.45) is 3.10. The van der Waals surface area contributed by atoms with Crippen molar-refractivity contribution >= 4 is 5.97 Å². The fraction of sp³-hybridized carbons (Fsp3) is 0.941. The number of hydrogen-bond donors (Lipinski definition) is 0. The molecule has 3 heteroatoms. The molecule has 2 unspecified atom stereocenters. The van der Waals surface area contributed by atoms with Gasteiger partial charge in [0, 0.05) is 6.42 Å². The van der Waals surface area contributed by atoms with Crippen LogP contribution in [-0.2, 0) is 14.3 Å². The minimum atomic E-state index is -0.435. The lowest BCUT2D eigenvalue weighted by atomic mass is 9.73. The second kappa shape index (κ2) is 9.38. The highest BCUT2D eigenvalue weighted by molar-refractivity contribution is 5.76. The molecule has 0 bridgehead atoms. The van der Waals surface area contributed by atoms with Crippen molar-refractivity contribution in [3.05, 3.63) is 0 Å². The number of ether oxygens (including phenoxy) is 2. The van der Waals surface area contributed by atoms with Gasteiger partial charge in [-0.3, -0.25) is 4.79 Å². The van der Waals surface area contributed by atoms with E-state index in [0.29, 0.717) is 12.5 Å². The molecule has 0 N–H and O–H groups in total. The highest BCUT2D eigenvalue weighted by atomic mass is 16.7. The van der Waals surface area contributed by atoms with Crippen LogP contribution >= 0.6 is 0 Å². The van der Waals surface area contributed by atoms with Crippen molar-refractivity contribution in [2.75, 3.05) is 6.61 Å². The van der Waals surface area contributed by atoms with Crippen LogP contribution in [0, 0.1) is 17.3 Å². The van der Waals surface area contributed by atoms with E-state index in [1.807, 2.05) is 6.92 Å². The summed E-state index contributed by atoms with van der Waals surface area (Å²) in [4.78, 5) is 12.6. The molecule has 0 radical (unpaired) electrons. The summed E-state index contributed by atoms with van der Waals surface area (Å²) in [7, 11) is 0. The maximum absolute atomic E-state index is 12.6. The van der Waals surface area contributed by atoms with Gasteiger partial charge in [0.25, 0.3) is 0 Å². The molecule has 0 aliphatic rings. The molecule has 0 saturated heterocycles. The van der Waals surface area contributed by atoms with Crippen molar-refractivity contribution in [3.63, 3.8) is 0 Å². The van der Waals surface area contributed by atoms with Gasteiger partial charge < -0.3 is 9.47 Å². The van der Waals surface area contributed by atoms with Crippen LogP contribution in [0.15, 0.2) is 0 Å². The van der Waals surface area contributed by atoms with Gasteiger partial charge in [0.1, 0.15) is 0 Å². The van der Waals surface area contributed by atoms with Crippen molar-refractivity contribution in [1.82, 2.24) is 0 Å². The Hall–Kier alpha value is -0.570. The van der Waals surface area contributed by atoms with Gasteiger partial charge in [-0.2, -0.15) is 0 Å². The molecule has 0 saturated carbocycles. The van der Waals surface area contributed by atoms with E-state index in [0.717, 1.165) is 25.7 Å². The van der Waals surface area contributed by atoms with Gasteiger partial charge in [-0.05, 0) is 31.6 Å². The fourth-order valence-electron chi connectivity index (χ4n) is 2.32. The fourth-order valence-corrected chi connectivity index (χ4v) is 2.32. The summed E-state index contributed by atoms with van der Waals surface area (Å²) in [5, 5.41) is 0. The summed E-state index contributed by atoms with van der Waals surface area (Å²) >= 11 is 0. The Morgan fingerprint density at radius 2 is 1.70 bits per heavy atom. The Morgan fingerprint density at radius 3 is 2.10 bits per heavy atom. The molecular formula is C17H34O3. The van der Waals surface area contributed by atoms with Gasteiger partial charge >= 0.3 is 5.97 Å². The molecule has 0 aliphatic heterocycles. The quantitative estimate of drug-likeness (QED) is 0.428. The minimum absolute atomic E-state index is 0.115. The Morgan fingerprint density at radius 1 is 1.10 bits per heavy atom. The van der Waals surface area contributed by atoms with Gasteiger partial charge in [0.05, 0.1) is 12.0 Å². The van der Waals surface area contributed by atoms with Crippen LogP contribution in [0.2, 0.25) is 0 Å². The summed E-state index contributed by atoms with van der Waals surface area (Å²) < 4.78 is 11.3. The molecule has 0 aliphatic carbocycles. The minimum Gasteiger partial charge on any atom is -0.435 e. The van der Waals surface area contributed by atoms with Crippen LogP contribution in [-0.4, -0.2) is 18.9 Å². The zero-order valence-corrected chi connectivity index (χ0v) is 14.5. The average Bonchev–Trinajstić information content (AvgIpc) is 2.34. The van der Waals surface area contributed by atoms with Gasteiger partial charge in [-0.25, -0.2) is 0 Å². The summed E-state index contributed by atoms with van der Waals surface area (Å²) in [5.41, 5.74) is -0.435. The first-order valence-corrected chi connectivity index (χ1v) is 8.10. The number of esters is 1.